The van der Waals surface area contributed by atoms with E-state index >= 15 is 0 Å². The molecular formula is C13H10F4N2O2. The molecule has 0 fully saturated rings. The van der Waals surface area contributed by atoms with Crippen LogP contribution in [0.25, 0.3) is 5.69 Å². The molecule has 0 aliphatic rings. The number of aromatic nitrogens is 2. The van der Waals surface area contributed by atoms with E-state index in [9.17, 15) is 27.2 Å². The number of nitrogens with zero attached hydrogens (tertiary/aromatic N) is 2. The molecule has 0 aliphatic carbocycles. The fraction of sp³-hybridized carbons (Fsp3) is 0.231. The van der Waals surface area contributed by atoms with E-state index in [1.165, 1.54) is 12.1 Å². The van der Waals surface area contributed by atoms with Gasteiger partial charge in [-0.25, -0.2) is 13.8 Å². The van der Waals surface area contributed by atoms with E-state index in [4.69, 9.17) is 0 Å². The maximum Gasteiger partial charge on any atom is 0.431 e. The summed E-state index contributed by atoms with van der Waals surface area (Å²) in [5.74, 6) is -0.867. The van der Waals surface area contributed by atoms with Gasteiger partial charge in [0.25, 0.3) is 5.56 Å². The Kier molecular flexibility index (Phi) is 3.48. The summed E-state index contributed by atoms with van der Waals surface area (Å²) in [6.45, 7) is 1.60. The monoisotopic (exact) mass is 302 g/mol. The van der Waals surface area contributed by atoms with Crippen molar-refractivity contribution < 1.29 is 17.6 Å². The first-order valence-electron chi connectivity index (χ1n) is 5.79. The molecule has 0 spiro atoms. The molecule has 0 saturated carbocycles. The Morgan fingerprint density at radius 1 is 1.10 bits per heavy atom. The maximum atomic E-state index is 13.8. The highest BCUT2D eigenvalue weighted by Gasteiger charge is 2.35. The first-order chi connectivity index (χ1) is 9.62. The van der Waals surface area contributed by atoms with Crippen LogP contribution < -0.4 is 11.2 Å². The predicted molar refractivity (Wildman–Crippen MR) is 67.0 cm³/mol. The van der Waals surface area contributed by atoms with Gasteiger partial charge in [0.2, 0.25) is 0 Å². The van der Waals surface area contributed by atoms with Crippen molar-refractivity contribution in [2.24, 2.45) is 7.05 Å². The number of hydrogen-bond acceptors (Lipinski definition) is 2. The van der Waals surface area contributed by atoms with Gasteiger partial charge < -0.3 is 0 Å². The molecule has 0 radical (unpaired) electrons. The van der Waals surface area contributed by atoms with Crippen LogP contribution in [0, 0.1) is 12.7 Å². The van der Waals surface area contributed by atoms with E-state index in [1.54, 1.807) is 6.92 Å². The van der Waals surface area contributed by atoms with E-state index in [1.807, 2.05) is 0 Å². The van der Waals surface area contributed by atoms with Gasteiger partial charge in [-0.1, -0.05) is 6.07 Å². The zero-order valence-corrected chi connectivity index (χ0v) is 11.0. The lowest BCUT2D eigenvalue weighted by atomic mass is 10.2. The molecular weight excluding hydrogens is 292 g/mol. The third-order valence-corrected chi connectivity index (χ3v) is 2.95. The van der Waals surface area contributed by atoms with Crippen molar-refractivity contribution in [1.82, 2.24) is 9.13 Å². The van der Waals surface area contributed by atoms with Gasteiger partial charge in [-0.2, -0.15) is 13.2 Å². The van der Waals surface area contributed by atoms with Gasteiger partial charge in [0.15, 0.2) is 0 Å². The predicted octanol–water partition coefficient (Wildman–Crippen LogP) is 2.00. The molecule has 2 aromatic rings. The van der Waals surface area contributed by atoms with Crippen LogP contribution in [0.1, 0.15) is 11.3 Å². The van der Waals surface area contributed by atoms with Gasteiger partial charge in [-0.15, -0.1) is 0 Å². The zero-order valence-electron chi connectivity index (χ0n) is 11.0. The number of halogens is 4. The SMILES string of the molecule is Cc1ccc(-n2c(=O)cc(C(F)(F)F)n(C)c2=O)c(F)c1. The average Bonchev–Trinajstić information content (AvgIpc) is 2.35. The summed E-state index contributed by atoms with van der Waals surface area (Å²) in [5.41, 5.74) is -3.74. The zero-order chi connectivity index (χ0) is 15.9. The molecule has 0 atom stereocenters. The molecule has 0 unspecified atom stereocenters. The smallest absolute Gasteiger partial charge is 0.292 e. The summed E-state index contributed by atoms with van der Waals surface area (Å²) in [5, 5.41) is 0. The average molecular weight is 302 g/mol. The lowest BCUT2D eigenvalue weighted by Gasteiger charge is -2.14. The Morgan fingerprint density at radius 3 is 2.24 bits per heavy atom. The Labute approximate surface area is 115 Å². The first-order valence-corrected chi connectivity index (χ1v) is 5.79. The highest BCUT2D eigenvalue weighted by molar-refractivity contribution is 5.36. The molecule has 1 heterocycles. The van der Waals surface area contributed by atoms with Crippen LogP contribution in [-0.4, -0.2) is 9.13 Å². The molecule has 0 aliphatic heterocycles. The number of rotatable bonds is 1. The number of hydrogen-bond donors (Lipinski definition) is 0. The van der Waals surface area contributed by atoms with E-state index in [0.29, 0.717) is 10.1 Å². The van der Waals surface area contributed by atoms with Crippen LogP contribution in [0.3, 0.4) is 0 Å². The summed E-state index contributed by atoms with van der Waals surface area (Å²) in [7, 11) is 0.868. The highest BCUT2D eigenvalue weighted by atomic mass is 19.4. The van der Waals surface area contributed by atoms with Gasteiger partial charge in [-0.3, -0.25) is 9.36 Å². The topological polar surface area (TPSA) is 44.0 Å². The third kappa shape index (κ3) is 2.61. The van der Waals surface area contributed by atoms with Gasteiger partial charge in [-0.05, 0) is 24.6 Å². The molecule has 4 nitrogen and oxygen atoms in total. The summed E-state index contributed by atoms with van der Waals surface area (Å²) < 4.78 is 52.5. The minimum Gasteiger partial charge on any atom is -0.292 e. The summed E-state index contributed by atoms with van der Waals surface area (Å²) in [6.07, 6.45) is -4.85. The number of benzene rings is 1. The van der Waals surface area contributed by atoms with Crippen LogP contribution in [0.5, 0.6) is 0 Å². The fourth-order valence-corrected chi connectivity index (χ4v) is 1.91. The quantitative estimate of drug-likeness (QED) is 0.756. The molecule has 21 heavy (non-hydrogen) atoms. The molecule has 0 N–H and O–H groups in total. The lowest BCUT2D eigenvalue weighted by Crippen LogP contribution is -2.41. The molecule has 0 bridgehead atoms. The Hall–Kier alpha value is -2.38. The standard InChI is InChI=1S/C13H10F4N2O2/c1-7-3-4-9(8(14)5-7)19-11(20)6-10(13(15,16)17)18(2)12(19)21/h3-6H,1-2H3. The van der Waals surface area contributed by atoms with Crippen LogP contribution in [-0.2, 0) is 13.2 Å². The second-order valence-electron chi connectivity index (χ2n) is 4.50. The van der Waals surface area contributed by atoms with Gasteiger partial charge in [0, 0.05) is 13.1 Å². The molecule has 1 aromatic heterocycles. The van der Waals surface area contributed by atoms with Crippen LogP contribution >= 0.6 is 0 Å². The normalized spacial score (nSPS) is 11.7. The van der Waals surface area contributed by atoms with E-state index in [0.717, 1.165) is 13.1 Å². The Balaban J connectivity index is 2.82. The van der Waals surface area contributed by atoms with Crippen LogP contribution in [0.4, 0.5) is 17.6 Å². The van der Waals surface area contributed by atoms with Crippen molar-refractivity contribution in [2.75, 3.05) is 0 Å². The van der Waals surface area contributed by atoms with Crippen LogP contribution in [0.2, 0.25) is 0 Å². The highest BCUT2D eigenvalue weighted by Crippen LogP contribution is 2.27. The van der Waals surface area contributed by atoms with Gasteiger partial charge in [0.05, 0.1) is 5.69 Å². The van der Waals surface area contributed by atoms with E-state index < -0.39 is 28.9 Å². The van der Waals surface area contributed by atoms with Crippen molar-refractivity contribution in [1.29, 1.82) is 0 Å². The molecule has 112 valence electrons. The van der Waals surface area contributed by atoms with Gasteiger partial charge >= 0.3 is 11.9 Å². The molecule has 0 amide bonds. The summed E-state index contributed by atoms with van der Waals surface area (Å²) >= 11 is 0. The minimum atomic E-state index is -4.85. The van der Waals surface area contributed by atoms with E-state index in [2.05, 4.69) is 0 Å². The first kappa shape index (κ1) is 15.0. The number of alkyl halides is 3. The summed E-state index contributed by atoms with van der Waals surface area (Å²) in [4.78, 5) is 23.7. The Bertz CT molecular complexity index is 818. The minimum absolute atomic E-state index is 0.265. The number of aryl methyl sites for hydroxylation is 1. The molecule has 0 saturated heterocycles. The van der Waals surface area contributed by atoms with E-state index in [-0.39, 0.29) is 16.3 Å². The second-order valence-corrected chi connectivity index (χ2v) is 4.50. The van der Waals surface area contributed by atoms with Gasteiger partial charge in [0.1, 0.15) is 11.5 Å². The fourth-order valence-electron chi connectivity index (χ4n) is 1.91. The largest absolute Gasteiger partial charge is 0.431 e. The van der Waals surface area contributed by atoms with Crippen molar-refractivity contribution in [3.8, 4) is 5.69 Å². The maximum absolute atomic E-state index is 13.8. The lowest BCUT2D eigenvalue weighted by molar-refractivity contribution is -0.144. The Morgan fingerprint density at radius 2 is 1.71 bits per heavy atom. The molecule has 1 aromatic carbocycles. The second kappa shape index (κ2) is 4.87. The molecule has 2 rings (SSSR count). The molecule has 8 heteroatoms. The summed E-state index contributed by atoms with van der Waals surface area (Å²) in [6, 6.07) is 3.96. The van der Waals surface area contributed by atoms with Crippen molar-refractivity contribution >= 4 is 0 Å². The van der Waals surface area contributed by atoms with Crippen molar-refractivity contribution in [3.05, 3.63) is 62.2 Å². The van der Waals surface area contributed by atoms with Crippen LogP contribution in [0.15, 0.2) is 33.9 Å². The third-order valence-electron chi connectivity index (χ3n) is 2.95. The van der Waals surface area contributed by atoms with Crippen molar-refractivity contribution in [3.63, 3.8) is 0 Å². The van der Waals surface area contributed by atoms with Crippen molar-refractivity contribution in [2.45, 2.75) is 13.1 Å².